The fraction of sp³-hybridized carbons (Fsp3) is 0.938. The highest BCUT2D eigenvalue weighted by atomic mass is 16.5. The van der Waals surface area contributed by atoms with Crippen molar-refractivity contribution >= 4 is 5.97 Å². The van der Waals surface area contributed by atoms with Crippen molar-refractivity contribution in [1.29, 1.82) is 0 Å². The molecule has 1 saturated carbocycles. The number of carbonyl (C=O) groups excluding carboxylic acids is 1. The van der Waals surface area contributed by atoms with Gasteiger partial charge in [-0.15, -0.1) is 0 Å². The number of ether oxygens (including phenoxy) is 1. The molecule has 1 aliphatic heterocycles. The van der Waals surface area contributed by atoms with Gasteiger partial charge in [-0.25, -0.2) is 0 Å². The van der Waals surface area contributed by atoms with Crippen LogP contribution in [0.4, 0.5) is 0 Å². The number of likely N-dealkylation sites (tertiary alicyclic amines) is 1. The van der Waals surface area contributed by atoms with Crippen molar-refractivity contribution in [3.05, 3.63) is 0 Å². The van der Waals surface area contributed by atoms with Crippen LogP contribution in [0, 0.1) is 17.8 Å². The minimum atomic E-state index is 0.0180. The van der Waals surface area contributed by atoms with Crippen molar-refractivity contribution in [2.45, 2.75) is 58.9 Å². The lowest BCUT2D eigenvalue weighted by Gasteiger charge is -2.42. The maximum atomic E-state index is 11.9. The summed E-state index contributed by atoms with van der Waals surface area (Å²) in [4.78, 5) is 14.5. The van der Waals surface area contributed by atoms with Crippen LogP contribution in [0.2, 0.25) is 0 Å². The first-order valence-electron chi connectivity index (χ1n) is 8.02. The van der Waals surface area contributed by atoms with E-state index in [1.54, 1.807) is 0 Å². The van der Waals surface area contributed by atoms with Crippen LogP contribution in [-0.4, -0.2) is 36.6 Å². The third kappa shape index (κ3) is 3.71. The Morgan fingerprint density at radius 2 is 2.00 bits per heavy atom. The Hall–Kier alpha value is -0.570. The van der Waals surface area contributed by atoms with Crippen LogP contribution in [0.1, 0.15) is 52.9 Å². The van der Waals surface area contributed by atoms with E-state index in [2.05, 4.69) is 18.7 Å². The predicted molar refractivity (Wildman–Crippen MR) is 76.9 cm³/mol. The summed E-state index contributed by atoms with van der Waals surface area (Å²) in [6.07, 6.45) is 6.10. The van der Waals surface area contributed by atoms with Crippen molar-refractivity contribution in [1.82, 2.24) is 4.90 Å². The van der Waals surface area contributed by atoms with Gasteiger partial charge in [0.15, 0.2) is 0 Å². The monoisotopic (exact) mass is 267 g/mol. The maximum Gasteiger partial charge on any atom is 0.310 e. The maximum absolute atomic E-state index is 11.9. The molecule has 3 nitrogen and oxygen atoms in total. The normalized spacial score (nSPS) is 37.0. The minimum absolute atomic E-state index is 0.0180. The second kappa shape index (κ2) is 6.74. The number of esters is 1. The van der Waals surface area contributed by atoms with E-state index in [0.717, 1.165) is 31.2 Å². The van der Waals surface area contributed by atoms with Gasteiger partial charge in [-0.1, -0.05) is 13.8 Å². The summed E-state index contributed by atoms with van der Waals surface area (Å²) in [6.45, 7) is 9.24. The highest BCUT2D eigenvalue weighted by Gasteiger charge is 2.33. The number of carbonyl (C=O) groups is 1. The van der Waals surface area contributed by atoms with Gasteiger partial charge in [0.25, 0.3) is 0 Å². The smallest absolute Gasteiger partial charge is 0.310 e. The quantitative estimate of drug-likeness (QED) is 0.736. The second-order valence-electron chi connectivity index (χ2n) is 6.51. The van der Waals surface area contributed by atoms with Gasteiger partial charge >= 0.3 is 5.97 Å². The topological polar surface area (TPSA) is 29.5 Å². The van der Waals surface area contributed by atoms with Crippen LogP contribution in [0.3, 0.4) is 0 Å². The van der Waals surface area contributed by atoms with E-state index in [1.807, 2.05) is 6.92 Å². The van der Waals surface area contributed by atoms with Gasteiger partial charge in [-0.2, -0.15) is 0 Å². The Balaban J connectivity index is 1.88. The fourth-order valence-corrected chi connectivity index (χ4v) is 3.64. The van der Waals surface area contributed by atoms with Gasteiger partial charge in [-0.05, 0) is 57.4 Å². The highest BCUT2D eigenvalue weighted by molar-refractivity contribution is 5.72. The minimum Gasteiger partial charge on any atom is -0.466 e. The summed E-state index contributed by atoms with van der Waals surface area (Å²) < 4.78 is 5.19. The summed E-state index contributed by atoms with van der Waals surface area (Å²) in [6, 6.07) is 0.698. The van der Waals surface area contributed by atoms with Gasteiger partial charge < -0.3 is 4.74 Å². The summed E-state index contributed by atoms with van der Waals surface area (Å²) >= 11 is 0. The third-order valence-electron chi connectivity index (χ3n) is 5.16. The van der Waals surface area contributed by atoms with Gasteiger partial charge in [0.05, 0.1) is 12.5 Å². The first-order chi connectivity index (χ1) is 9.11. The SMILES string of the molecule is CCOC(=O)[C@H]1CCCN(C2CCC(C)C(C)C2)C1. The van der Waals surface area contributed by atoms with E-state index in [4.69, 9.17) is 4.74 Å². The van der Waals surface area contributed by atoms with Crippen LogP contribution in [0.25, 0.3) is 0 Å². The Morgan fingerprint density at radius 1 is 1.21 bits per heavy atom. The predicted octanol–water partition coefficient (Wildman–Crippen LogP) is 3.09. The summed E-state index contributed by atoms with van der Waals surface area (Å²) in [5.41, 5.74) is 0. The molecule has 3 unspecified atom stereocenters. The average Bonchev–Trinajstić information content (AvgIpc) is 2.42. The van der Waals surface area contributed by atoms with Gasteiger partial charge in [-0.3, -0.25) is 9.69 Å². The molecule has 1 saturated heterocycles. The lowest BCUT2D eigenvalue weighted by molar-refractivity contribution is -0.150. The molecule has 0 aromatic heterocycles. The first-order valence-corrected chi connectivity index (χ1v) is 8.02. The summed E-state index contributed by atoms with van der Waals surface area (Å²) in [5, 5.41) is 0. The van der Waals surface area contributed by atoms with Gasteiger partial charge in [0.1, 0.15) is 0 Å². The standard InChI is InChI=1S/C16H29NO2/c1-4-19-16(18)14-6-5-9-17(11-14)15-8-7-12(2)13(3)10-15/h12-15H,4-11H2,1-3H3/t12?,13?,14-,15?/m0/s1. The molecule has 0 bridgehead atoms. The van der Waals surface area contributed by atoms with Crippen LogP contribution < -0.4 is 0 Å². The Morgan fingerprint density at radius 3 is 2.68 bits per heavy atom. The molecule has 0 N–H and O–H groups in total. The van der Waals surface area contributed by atoms with Crippen molar-refractivity contribution in [2.24, 2.45) is 17.8 Å². The van der Waals surface area contributed by atoms with E-state index < -0.39 is 0 Å². The van der Waals surface area contributed by atoms with Crippen LogP contribution >= 0.6 is 0 Å². The molecule has 1 heterocycles. The molecular weight excluding hydrogens is 238 g/mol. The van der Waals surface area contributed by atoms with Crippen molar-refractivity contribution < 1.29 is 9.53 Å². The summed E-state index contributed by atoms with van der Waals surface area (Å²) in [7, 11) is 0. The van der Waals surface area contributed by atoms with Gasteiger partial charge in [0.2, 0.25) is 0 Å². The fourth-order valence-electron chi connectivity index (χ4n) is 3.64. The Kier molecular flexibility index (Phi) is 5.26. The number of nitrogens with zero attached hydrogens (tertiary/aromatic N) is 1. The van der Waals surface area contributed by atoms with Crippen LogP contribution in [0.15, 0.2) is 0 Å². The highest BCUT2D eigenvalue weighted by Crippen LogP contribution is 2.34. The van der Waals surface area contributed by atoms with E-state index in [1.165, 1.54) is 25.8 Å². The zero-order valence-corrected chi connectivity index (χ0v) is 12.7. The van der Waals surface area contributed by atoms with Crippen molar-refractivity contribution in [3.63, 3.8) is 0 Å². The Bertz CT molecular complexity index is 305. The van der Waals surface area contributed by atoms with E-state index >= 15 is 0 Å². The van der Waals surface area contributed by atoms with Crippen LogP contribution in [-0.2, 0) is 9.53 Å². The molecule has 2 aliphatic rings. The van der Waals surface area contributed by atoms with Gasteiger partial charge in [0, 0.05) is 12.6 Å². The van der Waals surface area contributed by atoms with Crippen molar-refractivity contribution in [3.8, 4) is 0 Å². The lowest BCUT2D eigenvalue weighted by atomic mass is 9.78. The van der Waals surface area contributed by atoms with E-state index in [0.29, 0.717) is 12.6 Å². The zero-order chi connectivity index (χ0) is 13.8. The molecule has 110 valence electrons. The Labute approximate surface area is 117 Å². The zero-order valence-electron chi connectivity index (χ0n) is 12.7. The van der Waals surface area contributed by atoms with Crippen molar-refractivity contribution in [2.75, 3.05) is 19.7 Å². The van der Waals surface area contributed by atoms with Crippen LogP contribution in [0.5, 0.6) is 0 Å². The molecule has 4 atom stereocenters. The number of rotatable bonds is 3. The molecule has 3 heteroatoms. The molecule has 0 aromatic carbocycles. The first kappa shape index (κ1) is 14.8. The number of piperidine rings is 1. The number of hydrogen-bond acceptors (Lipinski definition) is 3. The second-order valence-corrected chi connectivity index (χ2v) is 6.51. The van der Waals surface area contributed by atoms with E-state index in [9.17, 15) is 4.79 Å². The molecule has 2 fully saturated rings. The molecule has 1 aliphatic carbocycles. The molecule has 0 aromatic rings. The average molecular weight is 267 g/mol. The molecule has 0 spiro atoms. The molecule has 0 amide bonds. The molecule has 2 rings (SSSR count). The van der Waals surface area contributed by atoms with E-state index in [-0.39, 0.29) is 11.9 Å². The summed E-state index contributed by atoms with van der Waals surface area (Å²) in [5.74, 6) is 1.82. The molecule has 19 heavy (non-hydrogen) atoms. The lowest BCUT2D eigenvalue weighted by Crippen LogP contribution is -2.47. The third-order valence-corrected chi connectivity index (χ3v) is 5.16. The number of hydrogen-bond donors (Lipinski definition) is 0. The molecular formula is C16H29NO2. The molecule has 0 radical (unpaired) electrons. The largest absolute Gasteiger partial charge is 0.466 e.